The van der Waals surface area contributed by atoms with Crippen LogP contribution in [0, 0.1) is 10.1 Å². The van der Waals surface area contributed by atoms with Gasteiger partial charge in [-0.25, -0.2) is 5.84 Å². The van der Waals surface area contributed by atoms with Crippen molar-refractivity contribution in [1.29, 1.82) is 0 Å². The first-order chi connectivity index (χ1) is 14.9. The van der Waals surface area contributed by atoms with Crippen LogP contribution in [0.25, 0.3) is 0 Å². The van der Waals surface area contributed by atoms with Gasteiger partial charge in [0.15, 0.2) is 5.78 Å². The number of nitro benzene ring substituents is 1. The van der Waals surface area contributed by atoms with Crippen molar-refractivity contribution in [1.82, 2.24) is 10.0 Å². The maximum absolute atomic E-state index is 12.1. The minimum Gasteiger partial charge on any atom is -0.289 e. The minimum absolute atomic E-state index is 0.0559. The number of hydrogen-bond acceptors (Lipinski definition) is 7. The highest BCUT2D eigenvalue weighted by Gasteiger charge is 2.15. The van der Waals surface area contributed by atoms with Crippen molar-refractivity contribution in [3.8, 4) is 0 Å². The standard InChI is InChI=1S/C13H8BrNO3.C9H12N4/c14-11-8-10(6-7-12(11)15(17)18)13(16)9-4-2-1-3-5-9;10-12-7-11-13(8-12)6-9-4-2-1-3-5-9/h1-8H;1-5,7H,6,8,10H2. The molecule has 1 heterocycles. The summed E-state index contributed by atoms with van der Waals surface area (Å²) in [6, 6.07) is 23.2. The van der Waals surface area contributed by atoms with Crippen molar-refractivity contribution in [3.05, 3.63) is 110 Å². The summed E-state index contributed by atoms with van der Waals surface area (Å²) in [6.07, 6.45) is 1.63. The van der Waals surface area contributed by atoms with E-state index in [1.54, 1.807) is 35.6 Å². The lowest BCUT2D eigenvalue weighted by atomic mass is 10.0. The Morgan fingerprint density at radius 1 is 1.03 bits per heavy atom. The summed E-state index contributed by atoms with van der Waals surface area (Å²) in [6.45, 7) is 1.47. The molecule has 0 fully saturated rings. The highest BCUT2D eigenvalue weighted by Crippen LogP contribution is 2.26. The van der Waals surface area contributed by atoms with Crippen molar-refractivity contribution in [2.45, 2.75) is 6.54 Å². The summed E-state index contributed by atoms with van der Waals surface area (Å²) < 4.78 is 0.300. The topological polar surface area (TPSA) is 105 Å². The molecule has 3 aromatic rings. The number of nitrogens with two attached hydrogens (primary N) is 1. The molecular weight excluding hydrogens is 462 g/mol. The second kappa shape index (κ2) is 10.5. The van der Waals surface area contributed by atoms with Crippen LogP contribution in [-0.2, 0) is 6.54 Å². The molecule has 0 aromatic heterocycles. The molecule has 31 heavy (non-hydrogen) atoms. The van der Waals surface area contributed by atoms with Crippen LogP contribution < -0.4 is 5.84 Å². The van der Waals surface area contributed by atoms with E-state index < -0.39 is 4.92 Å². The number of halogens is 1. The number of benzene rings is 3. The summed E-state index contributed by atoms with van der Waals surface area (Å²) in [7, 11) is 0. The van der Waals surface area contributed by atoms with Crippen LogP contribution in [0.2, 0.25) is 0 Å². The highest BCUT2D eigenvalue weighted by atomic mass is 79.9. The fourth-order valence-corrected chi connectivity index (χ4v) is 3.36. The smallest absolute Gasteiger partial charge is 0.283 e. The Morgan fingerprint density at radius 2 is 1.68 bits per heavy atom. The van der Waals surface area contributed by atoms with Gasteiger partial charge in [0.05, 0.1) is 15.9 Å². The first-order valence-corrected chi connectivity index (χ1v) is 10.1. The Bertz CT molecular complexity index is 1080. The van der Waals surface area contributed by atoms with Gasteiger partial charge in [0, 0.05) is 17.2 Å². The van der Waals surface area contributed by atoms with Gasteiger partial charge in [-0.15, -0.1) is 0 Å². The van der Waals surface area contributed by atoms with Gasteiger partial charge in [-0.05, 0) is 33.6 Å². The van der Waals surface area contributed by atoms with Gasteiger partial charge in [-0.2, -0.15) is 5.10 Å². The molecule has 9 heteroatoms. The summed E-state index contributed by atoms with van der Waals surface area (Å²) in [5.41, 5.74) is 2.16. The molecule has 1 aliphatic rings. The van der Waals surface area contributed by atoms with Gasteiger partial charge < -0.3 is 0 Å². The van der Waals surface area contributed by atoms with Gasteiger partial charge >= 0.3 is 0 Å². The SMILES string of the molecule is NN1C=NN(Cc2ccccc2)C1.O=C(c1ccccc1)c1ccc([N+](=O)[O-])c(Br)c1. The van der Waals surface area contributed by atoms with E-state index in [4.69, 9.17) is 5.84 Å². The van der Waals surface area contributed by atoms with Crippen molar-refractivity contribution in [3.63, 3.8) is 0 Å². The van der Waals surface area contributed by atoms with Crippen LogP contribution in [-0.4, -0.2) is 33.7 Å². The fourth-order valence-electron chi connectivity index (χ4n) is 2.84. The molecule has 8 nitrogen and oxygen atoms in total. The Labute approximate surface area is 187 Å². The quantitative estimate of drug-likeness (QED) is 0.253. The highest BCUT2D eigenvalue weighted by molar-refractivity contribution is 9.10. The average Bonchev–Trinajstić information content (AvgIpc) is 3.19. The fraction of sp³-hybridized carbons (Fsp3) is 0.0909. The third-order valence-electron chi connectivity index (χ3n) is 4.34. The van der Waals surface area contributed by atoms with E-state index in [9.17, 15) is 14.9 Å². The molecule has 1 aliphatic heterocycles. The average molecular weight is 482 g/mol. The van der Waals surface area contributed by atoms with Crippen molar-refractivity contribution < 1.29 is 9.72 Å². The molecule has 0 aliphatic carbocycles. The van der Waals surface area contributed by atoms with E-state index in [1.807, 2.05) is 29.3 Å². The molecule has 0 amide bonds. The predicted octanol–water partition coefficient (Wildman–Crippen LogP) is 4.17. The first kappa shape index (κ1) is 22.1. The third-order valence-corrected chi connectivity index (χ3v) is 4.98. The molecule has 0 spiro atoms. The van der Waals surface area contributed by atoms with E-state index in [0.717, 1.165) is 6.54 Å². The molecule has 0 radical (unpaired) electrons. The van der Waals surface area contributed by atoms with E-state index in [-0.39, 0.29) is 11.5 Å². The Hall–Kier alpha value is -3.56. The summed E-state index contributed by atoms with van der Waals surface area (Å²) in [4.78, 5) is 22.3. The minimum atomic E-state index is -0.499. The number of nitrogens with zero attached hydrogens (tertiary/aromatic N) is 4. The molecule has 2 N–H and O–H groups in total. The molecule has 158 valence electrons. The molecule has 3 aromatic carbocycles. The lowest BCUT2D eigenvalue weighted by molar-refractivity contribution is -0.385. The Balaban J connectivity index is 0.000000185. The Kier molecular flexibility index (Phi) is 7.47. The predicted molar refractivity (Wildman–Crippen MR) is 122 cm³/mol. The van der Waals surface area contributed by atoms with E-state index >= 15 is 0 Å². The van der Waals surface area contributed by atoms with Crippen LogP contribution in [0.3, 0.4) is 0 Å². The van der Waals surface area contributed by atoms with E-state index in [2.05, 4.69) is 33.2 Å². The molecule has 0 atom stereocenters. The maximum atomic E-state index is 12.1. The second-order valence-corrected chi connectivity index (χ2v) is 7.51. The Morgan fingerprint density at radius 3 is 2.23 bits per heavy atom. The van der Waals surface area contributed by atoms with Gasteiger partial charge in [0.25, 0.3) is 5.69 Å². The van der Waals surface area contributed by atoms with Crippen LogP contribution in [0.15, 0.2) is 88.4 Å². The number of carbonyl (C=O) groups is 1. The number of ketones is 1. The third kappa shape index (κ3) is 6.21. The summed E-state index contributed by atoms with van der Waals surface area (Å²) >= 11 is 3.09. The number of hydrogen-bond donors (Lipinski definition) is 1. The number of carbonyl (C=O) groups excluding carboxylic acids is 1. The van der Waals surface area contributed by atoms with Crippen LogP contribution in [0.5, 0.6) is 0 Å². The van der Waals surface area contributed by atoms with E-state index in [1.165, 1.54) is 23.8 Å². The molecule has 0 bridgehead atoms. The summed E-state index contributed by atoms with van der Waals surface area (Å²) in [5, 5.41) is 18.3. The van der Waals surface area contributed by atoms with Crippen LogP contribution >= 0.6 is 15.9 Å². The van der Waals surface area contributed by atoms with Gasteiger partial charge in [0.2, 0.25) is 0 Å². The monoisotopic (exact) mass is 481 g/mol. The van der Waals surface area contributed by atoms with Crippen molar-refractivity contribution in [2.75, 3.05) is 6.67 Å². The van der Waals surface area contributed by atoms with Gasteiger partial charge in [-0.3, -0.25) is 24.9 Å². The van der Waals surface area contributed by atoms with Crippen molar-refractivity contribution in [2.24, 2.45) is 10.9 Å². The largest absolute Gasteiger partial charge is 0.289 e. The van der Waals surface area contributed by atoms with Crippen LogP contribution in [0.1, 0.15) is 21.5 Å². The zero-order chi connectivity index (χ0) is 22.2. The number of hydrazone groups is 1. The van der Waals surface area contributed by atoms with Crippen molar-refractivity contribution >= 4 is 33.7 Å². The molecular formula is C22H20BrN5O3. The number of hydrazine groups is 1. The molecule has 4 rings (SSSR count). The van der Waals surface area contributed by atoms with Gasteiger partial charge in [0.1, 0.15) is 13.0 Å². The normalized spacial score (nSPS) is 12.3. The lowest BCUT2D eigenvalue weighted by Crippen LogP contribution is -2.31. The second-order valence-electron chi connectivity index (χ2n) is 6.66. The lowest BCUT2D eigenvalue weighted by Gasteiger charge is -2.14. The van der Waals surface area contributed by atoms with Gasteiger partial charge in [-0.1, -0.05) is 60.7 Å². The molecule has 0 saturated heterocycles. The zero-order valence-corrected chi connectivity index (χ0v) is 18.1. The van der Waals surface area contributed by atoms with Crippen LogP contribution in [0.4, 0.5) is 5.69 Å². The molecule has 0 unspecified atom stereocenters. The first-order valence-electron chi connectivity index (χ1n) is 9.32. The number of rotatable bonds is 5. The zero-order valence-electron chi connectivity index (χ0n) is 16.5. The molecule has 0 saturated carbocycles. The number of nitro groups is 1. The van der Waals surface area contributed by atoms with E-state index in [0.29, 0.717) is 22.3 Å². The maximum Gasteiger partial charge on any atom is 0.283 e. The summed E-state index contributed by atoms with van der Waals surface area (Å²) in [5.74, 6) is 5.36.